The standard InChI is InChI=1S/C18H28N2O2/c1-15-8-10-16(11-9-15)19(2)18(22)14-20(12-13-21)17-6-4-3-5-7-17/h3-7,15-16,21H,8-14H2,1-2H3. The minimum absolute atomic E-state index is 0.0484. The summed E-state index contributed by atoms with van der Waals surface area (Å²) in [6.45, 7) is 3.14. The highest BCUT2D eigenvalue weighted by atomic mass is 16.3. The fourth-order valence-electron chi connectivity index (χ4n) is 3.17. The Balaban J connectivity index is 1.95. The Hall–Kier alpha value is -1.55. The molecular weight excluding hydrogens is 276 g/mol. The summed E-state index contributed by atoms with van der Waals surface area (Å²) >= 11 is 0. The van der Waals surface area contributed by atoms with Crippen LogP contribution in [-0.4, -0.2) is 48.7 Å². The molecule has 0 spiro atoms. The van der Waals surface area contributed by atoms with Crippen molar-refractivity contribution in [2.75, 3.05) is 31.6 Å². The summed E-state index contributed by atoms with van der Waals surface area (Å²) in [7, 11) is 1.92. The van der Waals surface area contributed by atoms with Gasteiger partial charge in [-0.05, 0) is 43.7 Å². The molecule has 1 aliphatic carbocycles. The number of aliphatic hydroxyl groups is 1. The fraction of sp³-hybridized carbons (Fsp3) is 0.611. The third-order valence-electron chi connectivity index (χ3n) is 4.74. The largest absolute Gasteiger partial charge is 0.395 e. The first-order valence-corrected chi connectivity index (χ1v) is 8.28. The van der Waals surface area contributed by atoms with Gasteiger partial charge < -0.3 is 14.9 Å². The van der Waals surface area contributed by atoms with Gasteiger partial charge in [0.15, 0.2) is 0 Å². The van der Waals surface area contributed by atoms with Crippen LogP contribution < -0.4 is 4.90 Å². The van der Waals surface area contributed by atoms with Gasteiger partial charge in [-0.15, -0.1) is 0 Å². The van der Waals surface area contributed by atoms with Gasteiger partial charge in [0.05, 0.1) is 13.2 Å². The molecule has 0 radical (unpaired) electrons. The average molecular weight is 304 g/mol. The second kappa shape index (κ2) is 8.18. The second-order valence-corrected chi connectivity index (χ2v) is 6.40. The summed E-state index contributed by atoms with van der Waals surface area (Å²) < 4.78 is 0. The van der Waals surface area contributed by atoms with Gasteiger partial charge in [0.1, 0.15) is 0 Å². The SMILES string of the molecule is CC1CCC(N(C)C(=O)CN(CCO)c2ccccc2)CC1. The maximum Gasteiger partial charge on any atom is 0.242 e. The molecule has 1 aliphatic rings. The van der Waals surface area contributed by atoms with Crippen LogP contribution in [0.15, 0.2) is 30.3 Å². The van der Waals surface area contributed by atoms with E-state index in [1.165, 1.54) is 12.8 Å². The molecule has 0 bridgehead atoms. The molecule has 1 fully saturated rings. The van der Waals surface area contributed by atoms with Crippen LogP contribution in [0.25, 0.3) is 0 Å². The van der Waals surface area contributed by atoms with Gasteiger partial charge in [0.2, 0.25) is 5.91 Å². The Morgan fingerprint density at radius 3 is 2.41 bits per heavy atom. The van der Waals surface area contributed by atoms with Gasteiger partial charge in [0.25, 0.3) is 0 Å². The number of benzene rings is 1. The number of para-hydroxylation sites is 1. The normalized spacial score (nSPS) is 21.4. The van der Waals surface area contributed by atoms with E-state index in [-0.39, 0.29) is 12.5 Å². The van der Waals surface area contributed by atoms with E-state index in [0.717, 1.165) is 24.4 Å². The van der Waals surface area contributed by atoms with Crippen LogP contribution in [0.1, 0.15) is 32.6 Å². The predicted octanol–water partition coefficient (Wildman–Crippen LogP) is 2.52. The van der Waals surface area contributed by atoms with Crippen molar-refractivity contribution in [1.82, 2.24) is 4.90 Å². The topological polar surface area (TPSA) is 43.8 Å². The van der Waals surface area contributed by atoms with Crippen molar-refractivity contribution >= 4 is 11.6 Å². The highest BCUT2D eigenvalue weighted by Gasteiger charge is 2.25. The number of likely N-dealkylation sites (N-methyl/N-ethyl adjacent to an activating group) is 1. The van der Waals surface area contributed by atoms with Crippen LogP contribution in [-0.2, 0) is 4.79 Å². The highest BCUT2D eigenvalue weighted by molar-refractivity contribution is 5.81. The number of anilines is 1. The van der Waals surface area contributed by atoms with Crippen molar-refractivity contribution < 1.29 is 9.90 Å². The van der Waals surface area contributed by atoms with E-state index in [1.54, 1.807) is 0 Å². The summed E-state index contributed by atoms with van der Waals surface area (Å²) in [5.41, 5.74) is 0.982. The average Bonchev–Trinajstić information content (AvgIpc) is 2.55. The third kappa shape index (κ3) is 4.47. The van der Waals surface area contributed by atoms with Crippen LogP contribution in [0.5, 0.6) is 0 Å². The molecule has 0 aliphatic heterocycles. The van der Waals surface area contributed by atoms with E-state index in [2.05, 4.69) is 6.92 Å². The summed E-state index contributed by atoms with van der Waals surface area (Å²) in [6, 6.07) is 10.2. The van der Waals surface area contributed by atoms with E-state index >= 15 is 0 Å². The lowest BCUT2D eigenvalue weighted by molar-refractivity contribution is -0.131. The van der Waals surface area contributed by atoms with E-state index in [9.17, 15) is 9.90 Å². The number of carbonyl (C=O) groups is 1. The highest BCUT2D eigenvalue weighted by Crippen LogP contribution is 2.26. The molecule has 0 heterocycles. The van der Waals surface area contributed by atoms with E-state index in [1.807, 2.05) is 47.2 Å². The maximum absolute atomic E-state index is 12.6. The van der Waals surface area contributed by atoms with Crippen molar-refractivity contribution in [3.63, 3.8) is 0 Å². The lowest BCUT2D eigenvalue weighted by Gasteiger charge is -2.35. The zero-order valence-electron chi connectivity index (χ0n) is 13.7. The van der Waals surface area contributed by atoms with Crippen LogP contribution in [0.4, 0.5) is 5.69 Å². The maximum atomic E-state index is 12.6. The zero-order chi connectivity index (χ0) is 15.9. The summed E-state index contributed by atoms with van der Waals surface area (Å²) in [5, 5.41) is 9.26. The van der Waals surface area contributed by atoms with Crippen LogP contribution >= 0.6 is 0 Å². The first-order chi connectivity index (χ1) is 10.6. The Bertz CT molecular complexity index is 455. The molecule has 4 heteroatoms. The molecule has 122 valence electrons. The molecule has 1 saturated carbocycles. The van der Waals surface area contributed by atoms with Crippen LogP contribution in [0.3, 0.4) is 0 Å². The quantitative estimate of drug-likeness (QED) is 0.878. The first-order valence-electron chi connectivity index (χ1n) is 8.28. The Morgan fingerprint density at radius 2 is 1.82 bits per heavy atom. The lowest BCUT2D eigenvalue weighted by Crippen LogP contribution is -2.45. The predicted molar refractivity (Wildman–Crippen MR) is 89.9 cm³/mol. The molecule has 22 heavy (non-hydrogen) atoms. The number of carbonyl (C=O) groups excluding carboxylic acids is 1. The monoisotopic (exact) mass is 304 g/mol. The molecule has 1 aromatic rings. The molecular formula is C18H28N2O2. The lowest BCUT2D eigenvalue weighted by atomic mass is 9.87. The molecule has 1 N–H and O–H groups in total. The Labute approximate surface area is 133 Å². The van der Waals surface area contributed by atoms with Gasteiger partial charge in [0, 0.05) is 25.3 Å². The Morgan fingerprint density at radius 1 is 1.18 bits per heavy atom. The van der Waals surface area contributed by atoms with Crippen molar-refractivity contribution in [2.45, 2.75) is 38.6 Å². The van der Waals surface area contributed by atoms with Crippen molar-refractivity contribution in [3.8, 4) is 0 Å². The molecule has 1 aromatic carbocycles. The van der Waals surface area contributed by atoms with Gasteiger partial charge >= 0.3 is 0 Å². The molecule has 0 aromatic heterocycles. The smallest absolute Gasteiger partial charge is 0.242 e. The minimum Gasteiger partial charge on any atom is -0.395 e. The number of aliphatic hydroxyl groups excluding tert-OH is 1. The minimum atomic E-state index is 0.0484. The number of nitrogens with zero attached hydrogens (tertiary/aromatic N) is 2. The first kappa shape index (κ1) is 16.8. The Kier molecular flexibility index (Phi) is 6.25. The summed E-state index contributed by atoms with van der Waals surface area (Å²) in [5.74, 6) is 0.923. The third-order valence-corrected chi connectivity index (χ3v) is 4.74. The van der Waals surface area contributed by atoms with Crippen molar-refractivity contribution in [2.24, 2.45) is 5.92 Å². The molecule has 1 amide bonds. The molecule has 0 atom stereocenters. The van der Waals surface area contributed by atoms with Gasteiger partial charge in [-0.25, -0.2) is 0 Å². The van der Waals surface area contributed by atoms with E-state index < -0.39 is 0 Å². The fourth-order valence-corrected chi connectivity index (χ4v) is 3.17. The van der Waals surface area contributed by atoms with Crippen LogP contribution in [0, 0.1) is 5.92 Å². The number of hydrogen-bond donors (Lipinski definition) is 1. The summed E-state index contributed by atoms with van der Waals surface area (Å²) in [4.78, 5) is 16.4. The molecule has 4 nitrogen and oxygen atoms in total. The number of rotatable bonds is 6. The zero-order valence-corrected chi connectivity index (χ0v) is 13.7. The number of hydrogen-bond acceptors (Lipinski definition) is 3. The molecule has 0 unspecified atom stereocenters. The molecule has 2 rings (SSSR count). The van der Waals surface area contributed by atoms with Gasteiger partial charge in [-0.1, -0.05) is 25.1 Å². The van der Waals surface area contributed by atoms with Crippen molar-refractivity contribution in [1.29, 1.82) is 0 Å². The second-order valence-electron chi connectivity index (χ2n) is 6.40. The number of amides is 1. The van der Waals surface area contributed by atoms with E-state index in [4.69, 9.17) is 0 Å². The van der Waals surface area contributed by atoms with E-state index in [0.29, 0.717) is 19.1 Å². The van der Waals surface area contributed by atoms with Gasteiger partial charge in [-0.2, -0.15) is 0 Å². The van der Waals surface area contributed by atoms with Crippen molar-refractivity contribution in [3.05, 3.63) is 30.3 Å². The van der Waals surface area contributed by atoms with Gasteiger partial charge in [-0.3, -0.25) is 4.79 Å². The van der Waals surface area contributed by atoms with Crippen LogP contribution in [0.2, 0.25) is 0 Å². The summed E-state index contributed by atoms with van der Waals surface area (Å²) in [6.07, 6.45) is 4.63. The molecule has 0 saturated heterocycles.